The lowest BCUT2D eigenvalue weighted by Gasteiger charge is -2.36. The maximum atomic E-state index is 4.98. The van der Waals surface area contributed by atoms with E-state index in [9.17, 15) is 0 Å². The van der Waals surface area contributed by atoms with Crippen molar-refractivity contribution in [2.45, 2.75) is 47.5 Å². The van der Waals surface area contributed by atoms with Gasteiger partial charge in [0.1, 0.15) is 5.82 Å². The van der Waals surface area contributed by atoms with Crippen LogP contribution in [0.4, 0.5) is 11.8 Å². The highest BCUT2D eigenvalue weighted by molar-refractivity contribution is 5.93. The molecule has 5 heterocycles. The van der Waals surface area contributed by atoms with Gasteiger partial charge in [0.2, 0.25) is 5.95 Å². The lowest BCUT2D eigenvalue weighted by atomic mass is 10.1. The van der Waals surface area contributed by atoms with Crippen LogP contribution in [-0.4, -0.2) is 55.7 Å². The smallest absolute Gasteiger partial charge is 0.225 e. The first kappa shape index (κ1) is 20.6. The Bertz CT molecular complexity index is 1280. The van der Waals surface area contributed by atoms with Gasteiger partial charge in [-0.25, -0.2) is 19.9 Å². The van der Waals surface area contributed by atoms with Crippen LogP contribution >= 0.6 is 0 Å². The number of nitrogens with zero attached hydrogens (tertiary/aromatic N) is 8. The van der Waals surface area contributed by atoms with Gasteiger partial charge in [-0.15, -0.1) is 5.10 Å². The molecule has 0 aliphatic carbocycles. The zero-order chi connectivity index (χ0) is 22.4. The van der Waals surface area contributed by atoms with Crippen molar-refractivity contribution in [2.75, 3.05) is 36.0 Å². The molecule has 0 aromatic carbocycles. The predicted octanol–water partition coefficient (Wildman–Crippen LogP) is 3.58. The molecule has 1 aliphatic rings. The number of anilines is 2. The van der Waals surface area contributed by atoms with Gasteiger partial charge in [0.05, 0.1) is 5.39 Å². The molecule has 0 bridgehead atoms. The van der Waals surface area contributed by atoms with Gasteiger partial charge in [0.15, 0.2) is 11.3 Å². The zero-order valence-electron chi connectivity index (χ0n) is 19.6. The molecule has 0 amide bonds. The van der Waals surface area contributed by atoms with Crippen LogP contribution in [0.3, 0.4) is 0 Å². The molecular weight excluding hydrogens is 400 g/mol. The molecule has 0 radical (unpaired) electrons. The molecular formula is C24H30N8. The summed E-state index contributed by atoms with van der Waals surface area (Å²) in [6.07, 6.45) is 2.01. The number of aryl methyl sites for hydroxylation is 5. The van der Waals surface area contributed by atoms with E-state index < -0.39 is 0 Å². The van der Waals surface area contributed by atoms with Crippen molar-refractivity contribution in [3.05, 3.63) is 46.5 Å². The molecule has 32 heavy (non-hydrogen) atoms. The molecule has 1 aliphatic heterocycles. The molecule has 0 spiro atoms. The predicted molar refractivity (Wildman–Crippen MR) is 128 cm³/mol. The molecule has 166 valence electrons. The van der Waals surface area contributed by atoms with Crippen LogP contribution in [0.2, 0.25) is 0 Å². The topological polar surface area (TPSA) is 75.3 Å². The fourth-order valence-corrected chi connectivity index (χ4v) is 4.65. The number of aromatic nitrogens is 6. The van der Waals surface area contributed by atoms with Crippen LogP contribution in [-0.2, 0) is 6.42 Å². The van der Waals surface area contributed by atoms with Crippen molar-refractivity contribution in [1.82, 2.24) is 29.5 Å². The monoisotopic (exact) mass is 430 g/mol. The minimum atomic E-state index is 0.771. The number of pyridine rings is 1. The van der Waals surface area contributed by atoms with Gasteiger partial charge in [-0.2, -0.15) is 4.52 Å². The maximum Gasteiger partial charge on any atom is 0.225 e. The highest BCUT2D eigenvalue weighted by Gasteiger charge is 2.24. The van der Waals surface area contributed by atoms with Crippen molar-refractivity contribution < 1.29 is 0 Å². The summed E-state index contributed by atoms with van der Waals surface area (Å²) in [4.78, 5) is 23.7. The Kier molecular flexibility index (Phi) is 5.15. The van der Waals surface area contributed by atoms with E-state index in [2.05, 4.69) is 50.7 Å². The van der Waals surface area contributed by atoms with E-state index in [1.807, 2.05) is 31.4 Å². The van der Waals surface area contributed by atoms with E-state index in [-0.39, 0.29) is 0 Å². The lowest BCUT2D eigenvalue weighted by Crippen LogP contribution is -2.47. The molecule has 1 saturated heterocycles. The third kappa shape index (κ3) is 3.63. The third-order valence-corrected chi connectivity index (χ3v) is 6.07. The highest BCUT2D eigenvalue weighted by atomic mass is 15.4. The van der Waals surface area contributed by atoms with Crippen molar-refractivity contribution in [1.29, 1.82) is 0 Å². The van der Waals surface area contributed by atoms with Crippen LogP contribution in [0.5, 0.6) is 0 Å². The second kappa shape index (κ2) is 8.00. The van der Waals surface area contributed by atoms with E-state index >= 15 is 0 Å². The van der Waals surface area contributed by atoms with Gasteiger partial charge < -0.3 is 9.80 Å². The van der Waals surface area contributed by atoms with Crippen LogP contribution in [0.1, 0.15) is 41.7 Å². The second-order valence-corrected chi connectivity index (χ2v) is 8.80. The van der Waals surface area contributed by atoms with Gasteiger partial charge in [-0.05, 0) is 51.8 Å². The minimum absolute atomic E-state index is 0.771. The van der Waals surface area contributed by atoms with E-state index in [4.69, 9.17) is 10.1 Å². The summed E-state index contributed by atoms with van der Waals surface area (Å²) in [5.41, 5.74) is 6.96. The zero-order valence-corrected chi connectivity index (χ0v) is 19.6. The molecule has 5 rings (SSSR count). The average molecular weight is 431 g/mol. The minimum Gasteiger partial charge on any atom is -0.353 e. The summed E-state index contributed by atoms with van der Waals surface area (Å²) >= 11 is 0. The molecule has 1 fully saturated rings. The van der Waals surface area contributed by atoms with Gasteiger partial charge >= 0.3 is 0 Å². The van der Waals surface area contributed by atoms with Gasteiger partial charge in [-0.3, -0.25) is 0 Å². The standard InChI is InChI=1S/C24H30N8/c1-6-7-19-14-20(32-23(28-19)21-15(2)12-16(3)25-22(21)29-32)30-8-10-31(11-9-30)24-26-17(4)13-18(5)27-24/h12-14H,6-11H2,1-5H3. The van der Waals surface area contributed by atoms with E-state index in [0.29, 0.717) is 0 Å². The van der Waals surface area contributed by atoms with Gasteiger partial charge in [0, 0.05) is 55.0 Å². The lowest BCUT2D eigenvalue weighted by molar-refractivity contribution is 0.625. The van der Waals surface area contributed by atoms with Crippen LogP contribution in [0.15, 0.2) is 18.2 Å². The summed E-state index contributed by atoms with van der Waals surface area (Å²) in [5, 5.41) is 5.93. The Labute approximate surface area is 188 Å². The summed E-state index contributed by atoms with van der Waals surface area (Å²) in [6, 6.07) is 6.33. The highest BCUT2D eigenvalue weighted by Crippen LogP contribution is 2.27. The van der Waals surface area contributed by atoms with Gasteiger partial charge in [0.25, 0.3) is 0 Å². The summed E-state index contributed by atoms with van der Waals surface area (Å²) in [6.45, 7) is 13.9. The number of fused-ring (bicyclic) bond motifs is 3. The van der Waals surface area contributed by atoms with Crippen LogP contribution in [0.25, 0.3) is 16.7 Å². The molecule has 4 aromatic rings. The largest absolute Gasteiger partial charge is 0.353 e. The SMILES string of the molecule is CCCc1cc(N2CCN(c3nc(C)cc(C)n3)CC2)n2nc3nc(C)cc(C)c3c2n1. The second-order valence-electron chi connectivity index (χ2n) is 8.80. The van der Waals surface area contributed by atoms with E-state index in [0.717, 1.165) is 90.2 Å². The molecule has 4 aromatic heterocycles. The van der Waals surface area contributed by atoms with Crippen molar-refractivity contribution in [3.63, 3.8) is 0 Å². The first-order valence-electron chi connectivity index (χ1n) is 11.4. The number of rotatable bonds is 4. The average Bonchev–Trinajstić information content (AvgIpc) is 3.11. The molecule has 0 atom stereocenters. The fraction of sp³-hybridized carbons (Fsp3) is 0.458. The number of hydrogen-bond acceptors (Lipinski definition) is 7. The molecule has 0 N–H and O–H groups in total. The van der Waals surface area contributed by atoms with Gasteiger partial charge in [-0.1, -0.05) is 13.3 Å². The summed E-state index contributed by atoms with van der Waals surface area (Å²) < 4.78 is 1.99. The number of piperazine rings is 1. The maximum absolute atomic E-state index is 4.98. The van der Waals surface area contributed by atoms with Crippen LogP contribution in [0, 0.1) is 27.7 Å². The molecule has 0 unspecified atom stereocenters. The number of hydrogen-bond donors (Lipinski definition) is 0. The first-order valence-corrected chi connectivity index (χ1v) is 11.4. The molecule has 8 heteroatoms. The Morgan fingerprint density at radius 3 is 2.12 bits per heavy atom. The first-order chi connectivity index (χ1) is 15.4. The fourth-order valence-electron chi connectivity index (χ4n) is 4.65. The third-order valence-electron chi connectivity index (χ3n) is 6.07. The Hall–Kier alpha value is -3.29. The summed E-state index contributed by atoms with van der Waals surface area (Å²) in [7, 11) is 0. The van der Waals surface area contributed by atoms with Crippen molar-refractivity contribution in [2.24, 2.45) is 0 Å². The Morgan fingerprint density at radius 1 is 0.781 bits per heavy atom. The van der Waals surface area contributed by atoms with E-state index in [1.165, 1.54) is 5.56 Å². The van der Waals surface area contributed by atoms with E-state index in [1.54, 1.807) is 0 Å². The van der Waals surface area contributed by atoms with Crippen LogP contribution < -0.4 is 9.80 Å². The summed E-state index contributed by atoms with van der Waals surface area (Å²) in [5.74, 6) is 1.92. The Balaban J connectivity index is 1.53. The van der Waals surface area contributed by atoms with Crippen molar-refractivity contribution >= 4 is 28.4 Å². The van der Waals surface area contributed by atoms with Crippen molar-refractivity contribution in [3.8, 4) is 0 Å². The quantitative estimate of drug-likeness (QED) is 0.490. The normalized spacial score (nSPS) is 14.7. The Morgan fingerprint density at radius 2 is 1.44 bits per heavy atom. The molecule has 8 nitrogen and oxygen atoms in total. The molecule has 0 saturated carbocycles.